The van der Waals surface area contributed by atoms with Crippen molar-refractivity contribution in [1.29, 1.82) is 5.26 Å². The summed E-state index contributed by atoms with van der Waals surface area (Å²) < 4.78 is 22.4. The lowest BCUT2D eigenvalue weighted by molar-refractivity contribution is 0.597. The summed E-state index contributed by atoms with van der Waals surface area (Å²) in [5.41, 5.74) is 0.840. The van der Waals surface area contributed by atoms with Crippen molar-refractivity contribution >= 4 is 15.5 Å². The zero-order valence-electron chi connectivity index (χ0n) is 8.97. The van der Waals surface area contributed by atoms with Crippen LogP contribution in [0.4, 0.5) is 5.69 Å². The van der Waals surface area contributed by atoms with E-state index in [1.807, 2.05) is 6.07 Å². The molecule has 0 amide bonds. The van der Waals surface area contributed by atoms with Gasteiger partial charge in [-0.1, -0.05) is 6.92 Å². The van der Waals surface area contributed by atoms with Crippen molar-refractivity contribution in [2.75, 3.05) is 23.4 Å². The molecule has 1 heterocycles. The van der Waals surface area contributed by atoms with Crippen molar-refractivity contribution in [2.45, 2.75) is 6.92 Å². The third-order valence-electron chi connectivity index (χ3n) is 2.08. The van der Waals surface area contributed by atoms with Gasteiger partial charge in [0.15, 0.2) is 15.5 Å². The third-order valence-corrected chi connectivity index (χ3v) is 3.79. The van der Waals surface area contributed by atoms with Crippen molar-refractivity contribution in [2.24, 2.45) is 0 Å². The van der Waals surface area contributed by atoms with Crippen molar-refractivity contribution in [1.82, 2.24) is 4.98 Å². The van der Waals surface area contributed by atoms with E-state index < -0.39 is 9.84 Å². The number of hydrogen-bond acceptors (Lipinski definition) is 5. The zero-order valence-corrected chi connectivity index (χ0v) is 9.79. The van der Waals surface area contributed by atoms with Crippen molar-refractivity contribution in [3.05, 3.63) is 24.0 Å². The lowest BCUT2D eigenvalue weighted by Crippen LogP contribution is -2.17. The molecule has 0 spiro atoms. The van der Waals surface area contributed by atoms with E-state index in [1.54, 1.807) is 19.1 Å². The van der Waals surface area contributed by atoms with Crippen LogP contribution in [0.3, 0.4) is 0 Å². The highest BCUT2D eigenvalue weighted by Gasteiger charge is 2.07. The Hall–Kier alpha value is -1.61. The standard InChI is InChI=1S/C10H13N3O2S/c1-2-16(14,15)7-6-13-9-4-3-5-12-10(9)8-11/h3-5,13H,2,6-7H2,1H3. The van der Waals surface area contributed by atoms with Gasteiger partial charge in [-0.3, -0.25) is 0 Å². The van der Waals surface area contributed by atoms with E-state index >= 15 is 0 Å². The summed E-state index contributed by atoms with van der Waals surface area (Å²) in [6.07, 6.45) is 1.52. The fourth-order valence-corrected chi connectivity index (χ4v) is 1.82. The van der Waals surface area contributed by atoms with E-state index in [9.17, 15) is 8.42 Å². The van der Waals surface area contributed by atoms with Crippen LogP contribution < -0.4 is 5.32 Å². The molecule has 1 aromatic heterocycles. The van der Waals surface area contributed by atoms with E-state index in [2.05, 4.69) is 10.3 Å². The van der Waals surface area contributed by atoms with E-state index in [0.717, 1.165) is 0 Å². The molecule has 1 aromatic rings. The lowest BCUT2D eigenvalue weighted by Gasteiger charge is -2.06. The summed E-state index contributed by atoms with van der Waals surface area (Å²) in [5.74, 6) is 0.191. The normalized spacial score (nSPS) is 10.8. The van der Waals surface area contributed by atoms with Gasteiger partial charge in [0.25, 0.3) is 0 Å². The van der Waals surface area contributed by atoms with Gasteiger partial charge < -0.3 is 5.32 Å². The highest BCUT2D eigenvalue weighted by Crippen LogP contribution is 2.09. The van der Waals surface area contributed by atoms with Gasteiger partial charge in [-0.2, -0.15) is 5.26 Å². The average molecular weight is 239 g/mol. The molecule has 0 aliphatic carbocycles. The Morgan fingerprint density at radius 1 is 1.56 bits per heavy atom. The molecule has 0 aliphatic rings. The molecule has 0 unspecified atom stereocenters. The molecule has 0 aromatic carbocycles. The Labute approximate surface area is 95.0 Å². The van der Waals surface area contributed by atoms with E-state index in [0.29, 0.717) is 5.69 Å². The van der Waals surface area contributed by atoms with E-state index in [-0.39, 0.29) is 23.7 Å². The second-order valence-corrected chi connectivity index (χ2v) is 5.65. The summed E-state index contributed by atoms with van der Waals surface area (Å²) in [7, 11) is -2.98. The molecule has 16 heavy (non-hydrogen) atoms. The maximum atomic E-state index is 11.2. The smallest absolute Gasteiger partial charge is 0.163 e. The van der Waals surface area contributed by atoms with Crippen LogP contribution in [-0.2, 0) is 9.84 Å². The van der Waals surface area contributed by atoms with Crippen LogP contribution >= 0.6 is 0 Å². The molecule has 1 rings (SSSR count). The molecule has 86 valence electrons. The lowest BCUT2D eigenvalue weighted by atomic mass is 10.3. The molecule has 0 radical (unpaired) electrons. The molecule has 0 saturated heterocycles. The largest absolute Gasteiger partial charge is 0.382 e. The van der Waals surface area contributed by atoms with Crippen molar-refractivity contribution in [3.8, 4) is 6.07 Å². The molecule has 0 atom stereocenters. The summed E-state index contributed by atoms with van der Waals surface area (Å²) >= 11 is 0. The zero-order chi connectivity index (χ0) is 12.0. The minimum absolute atomic E-state index is 0.0588. The Balaban J connectivity index is 2.60. The number of hydrogen-bond donors (Lipinski definition) is 1. The SMILES string of the molecule is CCS(=O)(=O)CCNc1cccnc1C#N. The minimum Gasteiger partial charge on any atom is -0.382 e. The average Bonchev–Trinajstić information content (AvgIpc) is 2.29. The minimum atomic E-state index is -2.98. The van der Waals surface area contributed by atoms with Gasteiger partial charge in [-0.05, 0) is 12.1 Å². The van der Waals surface area contributed by atoms with Gasteiger partial charge >= 0.3 is 0 Å². The Bertz CT molecular complexity index is 491. The monoisotopic (exact) mass is 239 g/mol. The number of pyridine rings is 1. The van der Waals surface area contributed by atoms with Gasteiger partial charge in [-0.25, -0.2) is 13.4 Å². The first kappa shape index (κ1) is 12.5. The first-order valence-electron chi connectivity index (χ1n) is 4.88. The van der Waals surface area contributed by atoms with E-state index in [4.69, 9.17) is 5.26 Å². The molecular weight excluding hydrogens is 226 g/mol. The highest BCUT2D eigenvalue weighted by molar-refractivity contribution is 7.91. The van der Waals surface area contributed by atoms with Crippen molar-refractivity contribution in [3.63, 3.8) is 0 Å². The summed E-state index contributed by atoms with van der Waals surface area (Å²) in [6, 6.07) is 5.32. The topological polar surface area (TPSA) is 82.8 Å². The fraction of sp³-hybridized carbons (Fsp3) is 0.400. The Morgan fingerprint density at radius 3 is 2.94 bits per heavy atom. The maximum Gasteiger partial charge on any atom is 0.163 e. The van der Waals surface area contributed by atoms with Crippen LogP contribution in [0.25, 0.3) is 0 Å². The number of rotatable bonds is 5. The van der Waals surface area contributed by atoms with Crippen LogP contribution in [0.5, 0.6) is 0 Å². The molecule has 6 heteroatoms. The highest BCUT2D eigenvalue weighted by atomic mass is 32.2. The number of anilines is 1. The third kappa shape index (κ3) is 3.51. The number of nitriles is 1. The van der Waals surface area contributed by atoms with Gasteiger partial charge in [0.1, 0.15) is 6.07 Å². The van der Waals surface area contributed by atoms with Gasteiger partial charge in [0.05, 0.1) is 11.4 Å². The molecule has 5 nitrogen and oxygen atoms in total. The molecule has 0 saturated carbocycles. The first-order valence-corrected chi connectivity index (χ1v) is 6.70. The number of nitrogens with one attached hydrogen (secondary N) is 1. The predicted octanol–water partition coefficient (Wildman–Crippen LogP) is 0.800. The number of aromatic nitrogens is 1. The van der Waals surface area contributed by atoms with Gasteiger partial charge in [0, 0.05) is 18.5 Å². The van der Waals surface area contributed by atoms with Crippen LogP contribution in [0.15, 0.2) is 18.3 Å². The molecule has 0 bridgehead atoms. The second kappa shape index (κ2) is 5.47. The van der Waals surface area contributed by atoms with Gasteiger partial charge in [0.2, 0.25) is 0 Å². The first-order chi connectivity index (χ1) is 7.59. The molecule has 1 N–H and O–H groups in total. The Kier molecular flexibility index (Phi) is 4.26. The molecule has 0 fully saturated rings. The fourth-order valence-electron chi connectivity index (χ4n) is 1.12. The number of nitrogens with zero attached hydrogens (tertiary/aromatic N) is 2. The quantitative estimate of drug-likeness (QED) is 0.821. The summed E-state index contributed by atoms with van der Waals surface area (Å²) in [6.45, 7) is 1.90. The van der Waals surface area contributed by atoms with Crippen LogP contribution in [0, 0.1) is 11.3 Å². The predicted molar refractivity (Wildman–Crippen MR) is 61.8 cm³/mol. The Morgan fingerprint density at radius 2 is 2.31 bits per heavy atom. The van der Waals surface area contributed by atoms with E-state index in [1.165, 1.54) is 6.20 Å². The van der Waals surface area contributed by atoms with Gasteiger partial charge in [-0.15, -0.1) is 0 Å². The summed E-state index contributed by atoms with van der Waals surface area (Å²) in [4.78, 5) is 3.86. The van der Waals surface area contributed by atoms with Crippen molar-refractivity contribution < 1.29 is 8.42 Å². The summed E-state index contributed by atoms with van der Waals surface area (Å²) in [5, 5.41) is 11.6. The molecule has 0 aliphatic heterocycles. The molecular formula is C10H13N3O2S. The second-order valence-electron chi connectivity index (χ2n) is 3.17. The van der Waals surface area contributed by atoms with Crippen LogP contribution in [0.2, 0.25) is 0 Å². The van der Waals surface area contributed by atoms with Crippen LogP contribution in [0.1, 0.15) is 12.6 Å². The maximum absolute atomic E-state index is 11.2. The number of sulfone groups is 1. The van der Waals surface area contributed by atoms with Crippen LogP contribution in [-0.4, -0.2) is 31.5 Å².